The molecule has 318 valence electrons. The first-order valence-corrected chi connectivity index (χ1v) is 22.7. The molecule has 15 rings (SSSR count). The van der Waals surface area contributed by atoms with Gasteiger partial charge in [0, 0.05) is 80.5 Å². The van der Waals surface area contributed by atoms with Crippen molar-refractivity contribution in [3.63, 3.8) is 0 Å². The highest BCUT2D eigenvalue weighted by Gasteiger charge is 2.52. The van der Waals surface area contributed by atoms with Crippen molar-refractivity contribution in [3.8, 4) is 39.9 Å². The van der Waals surface area contributed by atoms with Gasteiger partial charge in [0.15, 0.2) is 11.4 Å². The molecular weight excluding hydrogens is 849 g/mol. The highest BCUT2D eigenvalue weighted by Crippen LogP contribution is 2.62. The van der Waals surface area contributed by atoms with Crippen LogP contribution in [0.3, 0.4) is 0 Å². The zero-order valence-corrected chi connectivity index (χ0v) is 36.5. The number of fused-ring (bicyclic) bond motifs is 18. The molecule has 0 saturated heterocycles. The van der Waals surface area contributed by atoms with Gasteiger partial charge < -0.3 is 18.4 Å². The molecule has 7 aromatic carbocycles. The maximum atomic E-state index is 7.79. The van der Waals surface area contributed by atoms with Crippen molar-refractivity contribution < 1.29 is 4.74 Å². The lowest BCUT2D eigenvalue weighted by molar-refractivity contribution is 0.436. The Labute approximate surface area is 393 Å². The van der Waals surface area contributed by atoms with E-state index in [2.05, 4.69) is 150 Å². The molecule has 13 aromatic rings. The van der Waals surface area contributed by atoms with Gasteiger partial charge in [-0.15, -0.1) is 0 Å². The third-order valence-electron chi connectivity index (χ3n) is 14.5. The normalized spacial score (nSPS) is 13.1. The first-order valence-electron chi connectivity index (χ1n) is 22.7. The summed E-state index contributed by atoms with van der Waals surface area (Å²) in [5.41, 5.74) is 15.2. The molecule has 9 heteroatoms. The van der Waals surface area contributed by atoms with Crippen LogP contribution in [0.4, 0.5) is 11.4 Å². The molecule has 7 heterocycles. The highest BCUT2D eigenvalue weighted by atomic mass is 16.5. The molecule has 0 radical (unpaired) electrons. The van der Waals surface area contributed by atoms with E-state index in [0.717, 1.165) is 111 Å². The standard InChI is InChI=1S/C60H32N8O/c1-61-35-15-22-52-43(29-35)44-30-36(62-2)16-23-53(44)67(52)39-18-21-47-57(33-39)69-56-32-38(17-20-46(56)60(47)48-11-7-26-64-58(48)59-49(60)12-8-27-65-59)66-51-14-6-4-10-41(51)45-31-37(19-24-54(45)66)68-50-13-5-3-9-40(50)42-25-28-63-34-55(42)68/h3-34H. The van der Waals surface area contributed by atoms with Crippen LogP contribution in [0.15, 0.2) is 195 Å². The number of para-hydroxylation sites is 2. The van der Waals surface area contributed by atoms with Crippen molar-refractivity contribution >= 4 is 76.8 Å². The Morgan fingerprint density at radius 3 is 1.43 bits per heavy atom. The lowest BCUT2D eigenvalue weighted by Gasteiger charge is -2.39. The molecule has 9 nitrogen and oxygen atoms in total. The maximum absolute atomic E-state index is 7.79. The Kier molecular flexibility index (Phi) is 7.38. The lowest BCUT2D eigenvalue weighted by Crippen LogP contribution is -2.32. The van der Waals surface area contributed by atoms with Crippen LogP contribution in [-0.4, -0.2) is 28.7 Å². The molecule has 0 saturated carbocycles. The van der Waals surface area contributed by atoms with Crippen LogP contribution in [0.2, 0.25) is 0 Å². The van der Waals surface area contributed by atoms with Crippen molar-refractivity contribution in [1.82, 2.24) is 28.7 Å². The van der Waals surface area contributed by atoms with Crippen molar-refractivity contribution in [2.24, 2.45) is 0 Å². The average Bonchev–Trinajstić information content (AvgIpc) is 4.12. The summed E-state index contributed by atoms with van der Waals surface area (Å²) in [5, 5.41) is 6.47. The number of aromatic nitrogens is 6. The van der Waals surface area contributed by atoms with Gasteiger partial charge in [-0.1, -0.05) is 72.8 Å². The largest absolute Gasteiger partial charge is 0.457 e. The van der Waals surface area contributed by atoms with Crippen LogP contribution in [-0.2, 0) is 5.41 Å². The summed E-state index contributed by atoms with van der Waals surface area (Å²) in [6, 6.07) is 59.1. The van der Waals surface area contributed by atoms with E-state index in [4.69, 9.17) is 27.8 Å². The summed E-state index contributed by atoms with van der Waals surface area (Å²) in [5.74, 6) is 1.44. The fourth-order valence-corrected chi connectivity index (χ4v) is 11.8. The van der Waals surface area contributed by atoms with E-state index < -0.39 is 5.41 Å². The van der Waals surface area contributed by atoms with Crippen molar-refractivity contribution in [3.05, 3.63) is 240 Å². The van der Waals surface area contributed by atoms with E-state index in [0.29, 0.717) is 17.1 Å². The van der Waals surface area contributed by atoms with Gasteiger partial charge in [0.25, 0.3) is 0 Å². The molecule has 1 aliphatic carbocycles. The molecule has 1 spiro atoms. The minimum absolute atomic E-state index is 0.544. The predicted octanol–water partition coefficient (Wildman–Crippen LogP) is 14.7. The molecule has 0 fully saturated rings. The zero-order chi connectivity index (χ0) is 45.5. The fraction of sp³-hybridized carbons (Fsp3) is 0.0167. The summed E-state index contributed by atoms with van der Waals surface area (Å²) >= 11 is 0. The predicted molar refractivity (Wildman–Crippen MR) is 273 cm³/mol. The van der Waals surface area contributed by atoms with Crippen molar-refractivity contribution in [2.75, 3.05) is 0 Å². The molecule has 0 N–H and O–H groups in total. The average molecular weight is 881 g/mol. The van der Waals surface area contributed by atoms with Crippen LogP contribution < -0.4 is 4.74 Å². The highest BCUT2D eigenvalue weighted by molar-refractivity contribution is 6.13. The molecule has 6 aromatic heterocycles. The number of hydrogen-bond donors (Lipinski definition) is 0. The van der Waals surface area contributed by atoms with Gasteiger partial charge in [0.05, 0.1) is 69.2 Å². The van der Waals surface area contributed by atoms with Crippen LogP contribution in [0, 0.1) is 13.1 Å². The van der Waals surface area contributed by atoms with Gasteiger partial charge in [0.2, 0.25) is 0 Å². The summed E-state index contributed by atoms with van der Waals surface area (Å²) in [7, 11) is 0. The molecule has 2 aliphatic rings. The van der Waals surface area contributed by atoms with Crippen LogP contribution in [0.5, 0.6) is 11.5 Å². The van der Waals surface area contributed by atoms with Gasteiger partial charge in [0.1, 0.15) is 11.5 Å². The van der Waals surface area contributed by atoms with Crippen LogP contribution in [0.25, 0.3) is 104 Å². The Morgan fingerprint density at radius 1 is 0.391 bits per heavy atom. The first-order chi connectivity index (χ1) is 34.1. The molecule has 0 unspecified atom stereocenters. The molecule has 0 bridgehead atoms. The van der Waals surface area contributed by atoms with E-state index in [1.807, 2.05) is 73.3 Å². The molecular formula is C60H32N8O. The summed E-state index contributed by atoms with van der Waals surface area (Å²) in [6.07, 6.45) is 7.51. The minimum atomic E-state index is -0.796. The van der Waals surface area contributed by atoms with E-state index in [9.17, 15) is 0 Å². The number of pyridine rings is 3. The van der Waals surface area contributed by atoms with Crippen LogP contribution >= 0.6 is 0 Å². The van der Waals surface area contributed by atoms with E-state index in [-0.39, 0.29) is 0 Å². The van der Waals surface area contributed by atoms with E-state index in [1.165, 1.54) is 10.8 Å². The Balaban J connectivity index is 0.964. The Morgan fingerprint density at radius 2 is 0.855 bits per heavy atom. The SMILES string of the molecule is [C-]#[N+]c1ccc2c(c1)c1cc([N+]#[C-])ccc1n2-c1ccc2c(c1)Oc1cc(-n3c4ccccc4c4cc(-n5c6ccccc6c6ccncc65)ccc43)ccc1C21c2cccnc2-c2ncccc21. The monoisotopic (exact) mass is 880 g/mol. The van der Waals surface area contributed by atoms with E-state index >= 15 is 0 Å². The lowest BCUT2D eigenvalue weighted by atomic mass is 9.66. The number of ether oxygens (including phenoxy) is 1. The minimum Gasteiger partial charge on any atom is -0.457 e. The first kappa shape index (κ1) is 37.4. The van der Waals surface area contributed by atoms with Crippen molar-refractivity contribution in [1.29, 1.82) is 0 Å². The molecule has 0 amide bonds. The van der Waals surface area contributed by atoms with Gasteiger partial charge in [-0.3, -0.25) is 15.0 Å². The molecule has 69 heavy (non-hydrogen) atoms. The van der Waals surface area contributed by atoms with E-state index in [1.54, 1.807) is 0 Å². The quantitative estimate of drug-likeness (QED) is 0.166. The smallest absolute Gasteiger partial charge is 0.188 e. The van der Waals surface area contributed by atoms with Gasteiger partial charge in [-0.2, -0.15) is 0 Å². The van der Waals surface area contributed by atoms with Crippen LogP contribution in [0.1, 0.15) is 22.3 Å². The van der Waals surface area contributed by atoms with Crippen molar-refractivity contribution in [2.45, 2.75) is 5.41 Å². The van der Waals surface area contributed by atoms with Gasteiger partial charge in [-0.25, -0.2) is 9.69 Å². The summed E-state index contributed by atoms with van der Waals surface area (Å²) in [4.78, 5) is 22.0. The third-order valence-corrected chi connectivity index (χ3v) is 14.5. The topological polar surface area (TPSA) is 71.4 Å². The Hall–Kier alpha value is -9.83. The zero-order valence-electron chi connectivity index (χ0n) is 36.5. The Bertz CT molecular complexity index is 4350. The molecule has 1 aliphatic heterocycles. The third kappa shape index (κ3) is 4.87. The fourth-order valence-electron chi connectivity index (χ4n) is 11.8. The summed E-state index contributed by atoms with van der Waals surface area (Å²) in [6.45, 7) is 15.6. The number of nitrogens with zero attached hydrogens (tertiary/aromatic N) is 8. The van der Waals surface area contributed by atoms with Gasteiger partial charge >= 0.3 is 0 Å². The number of hydrogen-bond acceptors (Lipinski definition) is 4. The van der Waals surface area contributed by atoms with Gasteiger partial charge in [-0.05, 0) is 107 Å². The second-order valence-electron chi connectivity index (χ2n) is 17.8. The second-order valence-corrected chi connectivity index (χ2v) is 17.8. The molecule has 0 atom stereocenters. The second kappa shape index (κ2) is 13.6. The number of rotatable bonds is 3. The maximum Gasteiger partial charge on any atom is 0.188 e. The summed E-state index contributed by atoms with van der Waals surface area (Å²) < 4.78 is 14.2. The number of benzene rings is 7.